The molecule has 110 valence electrons. The molecule has 0 spiro atoms. The van der Waals surface area contributed by atoms with Crippen molar-refractivity contribution >= 4 is 16.1 Å². The molecule has 0 N–H and O–H groups in total. The van der Waals surface area contributed by atoms with Crippen LogP contribution in [0, 0.1) is 6.92 Å². The molecular weight excluding hydrogens is 278 g/mol. The van der Waals surface area contributed by atoms with Gasteiger partial charge in [-0.1, -0.05) is 17.7 Å². The van der Waals surface area contributed by atoms with E-state index >= 15 is 0 Å². The Morgan fingerprint density at radius 3 is 2.30 bits per heavy atom. The molecule has 0 bridgehead atoms. The van der Waals surface area contributed by atoms with E-state index in [-0.39, 0.29) is 17.6 Å². The van der Waals surface area contributed by atoms with Gasteiger partial charge in [-0.15, -0.1) is 0 Å². The number of hydrogen-bond acceptors (Lipinski definition) is 3. The molecular formula is C13H19N3O3S. The first-order valence-corrected chi connectivity index (χ1v) is 7.79. The van der Waals surface area contributed by atoms with Crippen LogP contribution < -0.4 is 0 Å². The molecule has 1 aliphatic heterocycles. The van der Waals surface area contributed by atoms with Crippen molar-refractivity contribution in [3.8, 4) is 0 Å². The summed E-state index contributed by atoms with van der Waals surface area (Å²) in [6, 6.07) is 6.56. The van der Waals surface area contributed by atoms with Gasteiger partial charge in [0.1, 0.15) is 0 Å². The number of rotatable bonds is 2. The summed E-state index contributed by atoms with van der Waals surface area (Å²) < 4.78 is 26.2. The molecule has 1 fully saturated rings. The van der Waals surface area contributed by atoms with Crippen molar-refractivity contribution < 1.29 is 13.2 Å². The minimum absolute atomic E-state index is 0.104. The third-order valence-electron chi connectivity index (χ3n) is 3.26. The van der Waals surface area contributed by atoms with Gasteiger partial charge in [-0.3, -0.25) is 0 Å². The van der Waals surface area contributed by atoms with Gasteiger partial charge in [-0.2, -0.15) is 4.31 Å². The molecule has 0 atom stereocenters. The number of carbonyl (C=O) groups is 1. The summed E-state index contributed by atoms with van der Waals surface area (Å²) in [4.78, 5) is 15.1. The highest BCUT2D eigenvalue weighted by molar-refractivity contribution is 7.89. The molecule has 2 amide bonds. The predicted octanol–water partition coefficient (Wildman–Crippen LogP) is 0.940. The Morgan fingerprint density at radius 1 is 1.15 bits per heavy atom. The summed E-state index contributed by atoms with van der Waals surface area (Å²) in [5.74, 6) is 0. The number of sulfonamides is 1. The molecule has 1 aromatic carbocycles. The van der Waals surface area contributed by atoms with E-state index in [0.717, 1.165) is 5.56 Å². The highest BCUT2D eigenvalue weighted by Crippen LogP contribution is 2.20. The first-order valence-electron chi connectivity index (χ1n) is 6.35. The fourth-order valence-electron chi connectivity index (χ4n) is 2.06. The van der Waals surface area contributed by atoms with Gasteiger partial charge in [0.2, 0.25) is 10.0 Å². The Balaban J connectivity index is 2.16. The van der Waals surface area contributed by atoms with Gasteiger partial charge in [0.15, 0.2) is 0 Å². The molecule has 1 aliphatic rings. The average Bonchev–Trinajstić information content (AvgIpc) is 2.88. The Labute approximate surface area is 119 Å². The van der Waals surface area contributed by atoms with Gasteiger partial charge in [0, 0.05) is 27.2 Å². The second kappa shape index (κ2) is 5.41. The van der Waals surface area contributed by atoms with Gasteiger partial charge in [-0.25, -0.2) is 13.2 Å². The topological polar surface area (TPSA) is 60.9 Å². The maximum absolute atomic E-state index is 12.5. The summed E-state index contributed by atoms with van der Waals surface area (Å²) in [5.41, 5.74) is 1.01. The molecule has 6 nitrogen and oxygen atoms in total. The van der Waals surface area contributed by atoms with Crippen LogP contribution in [0.4, 0.5) is 4.79 Å². The maximum Gasteiger partial charge on any atom is 0.320 e. The van der Waals surface area contributed by atoms with Crippen molar-refractivity contribution in [3.05, 3.63) is 29.8 Å². The lowest BCUT2D eigenvalue weighted by Gasteiger charge is -2.21. The molecule has 1 aromatic rings. The Bertz CT molecular complexity index is 596. The summed E-state index contributed by atoms with van der Waals surface area (Å²) in [6.45, 7) is 2.76. The summed E-state index contributed by atoms with van der Waals surface area (Å²) in [6.07, 6.45) is 0. The summed E-state index contributed by atoms with van der Waals surface area (Å²) in [7, 11) is -0.222. The van der Waals surface area contributed by atoms with Crippen LogP contribution in [0.5, 0.6) is 0 Å². The van der Waals surface area contributed by atoms with Crippen molar-refractivity contribution in [2.45, 2.75) is 11.8 Å². The highest BCUT2D eigenvalue weighted by Gasteiger charge is 2.33. The van der Waals surface area contributed by atoms with Crippen molar-refractivity contribution in [3.63, 3.8) is 0 Å². The fraction of sp³-hybridized carbons (Fsp3) is 0.462. The second-order valence-electron chi connectivity index (χ2n) is 5.08. The third-order valence-corrected chi connectivity index (χ3v) is 5.11. The molecule has 0 radical (unpaired) electrons. The summed E-state index contributed by atoms with van der Waals surface area (Å²) in [5, 5.41) is 0. The molecule has 0 aliphatic carbocycles. The second-order valence-corrected chi connectivity index (χ2v) is 7.01. The Morgan fingerprint density at radius 2 is 1.75 bits per heavy atom. The molecule has 1 saturated heterocycles. The SMILES string of the molecule is Cc1ccc(S(=O)(=O)N2CCN(C(=O)N(C)C)C2)cc1. The largest absolute Gasteiger partial charge is 0.331 e. The van der Waals surface area contributed by atoms with Crippen LogP contribution >= 0.6 is 0 Å². The summed E-state index contributed by atoms with van der Waals surface area (Å²) >= 11 is 0. The van der Waals surface area contributed by atoms with Crippen LogP contribution in [0.25, 0.3) is 0 Å². The van der Waals surface area contributed by atoms with Gasteiger partial charge in [-0.05, 0) is 19.1 Å². The number of urea groups is 1. The minimum Gasteiger partial charge on any atom is -0.331 e. The molecule has 0 unspecified atom stereocenters. The average molecular weight is 297 g/mol. The van der Waals surface area contributed by atoms with E-state index in [1.165, 1.54) is 14.1 Å². The molecule has 0 aromatic heterocycles. The minimum atomic E-state index is -3.53. The van der Waals surface area contributed by atoms with E-state index < -0.39 is 10.0 Å². The lowest BCUT2D eigenvalue weighted by atomic mass is 10.2. The van der Waals surface area contributed by atoms with E-state index in [9.17, 15) is 13.2 Å². The standard InChI is InChI=1S/C13H19N3O3S/c1-11-4-6-12(7-5-11)20(18,19)16-9-8-15(10-16)13(17)14(2)3/h4-7H,8-10H2,1-3H3. The van der Waals surface area contributed by atoms with E-state index in [1.807, 2.05) is 6.92 Å². The normalized spacial score (nSPS) is 16.4. The van der Waals surface area contributed by atoms with Crippen LogP contribution in [-0.2, 0) is 10.0 Å². The van der Waals surface area contributed by atoms with Crippen LogP contribution in [0.3, 0.4) is 0 Å². The number of hydrogen-bond donors (Lipinski definition) is 0. The van der Waals surface area contributed by atoms with E-state index in [4.69, 9.17) is 0 Å². The monoisotopic (exact) mass is 297 g/mol. The van der Waals surface area contributed by atoms with Gasteiger partial charge in [0.25, 0.3) is 0 Å². The number of nitrogens with zero attached hydrogens (tertiary/aromatic N) is 3. The van der Waals surface area contributed by atoms with Crippen LogP contribution in [-0.4, -0.2) is 62.4 Å². The lowest BCUT2D eigenvalue weighted by Crippen LogP contribution is -2.39. The molecule has 7 heteroatoms. The zero-order valence-electron chi connectivity index (χ0n) is 11.9. The van der Waals surface area contributed by atoms with Crippen LogP contribution in [0.15, 0.2) is 29.2 Å². The van der Waals surface area contributed by atoms with Gasteiger partial charge in [0.05, 0.1) is 11.6 Å². The zero-order chi connectivity index (χ0) is 14.9. The molecule has 2 rings (SSSR count). The smallest absolute Gasteiger partial charge is 0.320 e. The third kappa shape index (κ3) is 2.78. The van der Waals surface area contributed by atoms with E-state index in [2.05, 4.69) is 0 Å². The molecule has 1 heterocycles. The first-order chi connectivity index (χ1) is 9.32. The fourth-order valence-corrected chi connectivity index (χ4v) is 3.45. The van der Waals surface area contributed by atoms with Crippen LogP contribution in [0.1, 0.15) is 5.56 Å². The van der Waals surface area contributed by atoms with Crippen molar-refractivity contribution in [2.24, 2.45) is 0 Å². The van der Waals surface area contributed by atoms with Gasteiger partial charge < -0.3 is 9.80 Å². The number of benzene rings is 1. The van der Waals surface area contributed by atoms with E-state index in [0.29, 0.717) is 13.1 Å². The number of aryl methyl sites for hydroxylation is 1. The van der Waals surface area contributed by atoms with Crippen molar-refractivity contribution in [2.75, 3.05) is 33.9 Å². The number of amides is 2. The van der Waals surface area contributed by atoms with Crippen molar-refractivity contribution in [1.29, 1.82) is 0 Å². The van der Waals surface area contributed by atoms with Crippen molar-refractivity contribution in [1.82, 2.24) is 14.1 Å². The van der Waals surface area contributed by atoms with E-state index in [1.54, 1.807) is 38.4 Å². The zero-order valence-corrected chi connectivity index (χ0v) is 12.7. The Hall–Kier alpha value is -1.60. The highest BCUT2D eigenvalue weighted by atomic mass is 32.2. The quantitative estimate of drug-likeness (QED) is 0.816. The Kier molecular flexibility index (Phi) is 4.01. The van der Waals surface area contributed by atoms with Gasteiger partial charge >= 0.3 is 6.03 Å². The molecule has 20 heavy (non-hydrogen) atoms. The first kappa shape index (κ1) is 14.8. The number of carbonyl (C=O) groups excluding carboxylic acids is 1. The predicted molar refractivity (Wildman–Crippen MR) is 75.7 cm³/mol. The van der Waals surface area contributed by atoms with Crippen LogP contribution in [0.2, 0.25) is 0 Å². The lowest BCUT2D eigenvalue weighted by molar-refractivity contribution is 0.178. The molecule has 0 saturated carbocycles. The maximum atomic E-state index is 12.5.